The fourth-order valence-electron chi connectivity index (χ4n) is 2.32. The zero-order valence-corrected chi connectivity index (χ0v) is 13.1. The van der Waals surface area contributed by atoms with Crippen molar-refractivity contribution in [3.63, 3.8) is 0 Å². The highest BCUT2D eigenvalue weighted by atomic mass is 32.2. The summed E-state index contributed by atoms with van der Waals surface area (Å²) in [5, 5.41) is 2.69. The Kier molecular flexibility index (Phi) is 4.11. The second-order valence-electron chi connectivity index (χ2n) is 4.78. The molecule has 118 valence electrons. The van der Waals surface area contributed by atoms with Crippen molar-refractivity contribution in [2.24, 2.45) is 0 Å². The molecule has 0 unspecified atom stereocenters. The first kappa shape index (κ1) is 15.3. The van der Waals surface area contributed by atoms with Crippen LogP contribution in [0.1, 0.15) is 0 Å². The van der Waals surface area contributed by atoms with Crippen molar-refractivity contribution in [2.75, 3.05) is 31.1 Å². The summed E-state index contributed by atoms with van der Waals surface area (Å²) in [6, 6.07) is 2.49. The number of piperazine rings is 1. The Balaban J connectivity index is 1.77. The number of rotatable bonds is 3. The van der Waals surface area contributed by atoms with Crippen LogP contribution in [-0.2, 0) is 10.0 Å². The van der Waals surface area contributed by atoms with Gasteiger partial charge in [-0.25, -0.2) is 22.2 Å². The topological polar surface area (TPSA) is 53.5 Å². The lowest BCUT2D eigenvalue weighted by Gasteiger charge is -2.33. The molecule has 0 spiro atoms. The van der Waals surface area contributed by atoms with Gasteiger partial charge in [0.1, 0.15) is 16.5 Å². The van der Waals surface area contributed by atoms with E-state index >= 15 is 0 Å². The molecule has 1 fully saturated rings. The van der Waals surface area contributed by atoms with Crippen LogP contribution in [0.25, 0.3) is 0 Å². The molecule has 0 aliphatic carbocycles. The van der Waals surface area contributed by atoms with Crippen molar-refractivity contribution in [3.05, 3.63) is 41.4 Å². The number of sulfonamides is 1. The normalized spacial score (nSPS) is 16.9. The first-order valence-electron chi connectivity index (χ1n) is 6.58. The molecule has 1 aliphatic rings. The van der Waals surface area contributed by atoms with Gasteiger partial charge in [-0.1, -0.05) is 0 Å². The molecule has 1 aliphatic heterocycles. The summed E-state index contributed by atoms with van der Waals surface area (Å²) in [6.07, 6.45) is 1.69. The minimum Gasteiger partial charge on any atom is -0.345 e. The molecule has 0 atom stereocenters. The van der Waals surface area contributed by atoms with E-state index in [1.807, 2.05) is 10.3 Å². The van der Waals surface area contributed by atoms with Crippen LogP contribution in [-0.4, -0.2) is 43.9 Å². The zero-order valence-electron chi connectivity index (χ0n) is 11.4. The van der Waals surface area contributed by atoms with E-state index in [0.29, 0.717) is 19.2 Å². The van der Waals surface area contributed by atoms with Gasteiger partial charge in [0.15, 0.2) is 5.13 Å². The average Bonchev–Trinajstić information content (AvgIpc) is 3.01. The molecular formula is C13H13F2N3O2S2. The van der Waals surface area contributed by atoms with Crippen molar-refractivity contribution in [2.45, 2.75) is 4.90 Å². The third kappa shape index (κ3) is 2.83. The summed E-state index contributed by atoms with van der Waals surface area (Å²) in [5.41, 5.74) is 0. The van der Waals surface area contributed by atoms with Gasteiger partial charge in [-0.15, -0.1) is 11.3 Å². The second kappa shape index (κ2) is 5.90. The number of benzene rings is 1. The van der Waals surface area contributed by atoms with Gasteiger partial charge >= 0.3 is 0 Å². The number of hydrogen-bond acceptors (Lipinski definition) is 5. The molecular weight excluding hydrogens is 332 g/mol. The fraction of sp³-hybridized carbons (Fsp3) is 0.308. The summed E-state index contributed by atoms with van der Waals surface area (Å²) in [4.78, 5) is 5.68. The van der Waals surface area contributed by atoms with E-state index in [2.05, 4.69) is 4.98 Å². The van der Waals surface area contributed by atoms with E-state index in [1.54, 1.807) is 6.20 Å². The van der Waals surface area contributed by atoms with Crippen molar-refractivity contribution in [1.82, 2.24) is 9.29 Å². The van der Waals surface area contributed by atoms with E-state index in [1.165, 1.54) is 15.6 Å². The zero-order chi connectivity index (χ0) is 15.7. The van der Waals surface area contributed by atoms with Crippen molar-refractivity contribution >= 4 is 26.5 Å². The van der Waals surface area contributed by atoms with Crippen LogP contribution in [0, 0.1) is 11.6 Å². The summed E-state index contributed by atoms with van der Waals surface area (Å²) >= 11 is 1.48. The third-order valence-corrected chi connectivity index (χ3v) is 6.20. The third-order valence-electron chi connectivity index (χ3n) is 3.44. The predicted molar refractivity (Wildman–Crippen MR) is 79.4 cm³/mol. The number of thiazole rings is 1. The summed E-state index contributed by atoms with van der Waals surface area (Å²) in [6.45, 7) is 1.43. The van der Waals surface area contributed by atoms with Gasteiger partial charge in [0, 0.05) is 43.8 Å². The second-order valence-corrected chi connectivity index (χ2v) is 7.56. The molecule has 0 radical (unpaired) electrons. The number of hydrogen-bond donors (Lipinski definition) is 0. The van der Waals surface area contributed by atoms with E-state index < -0.39 is 26.6 Å². The predicted octanol–water partition coefficient (Wildman–Crippen LogP) is 1.93. The van der Waals surface area contributed by atoms with Crippen LogP contribution in [0.5, 0.6) is 0 Å². The van der Waals surface area contributed by atoms with Gasteiger partial charge in [0.05, 0.1) is 0 Å². The standard InChI is InChI=1S/C13H13F2N3O2S2/c14-10-1-2-12(11(15)9-10)22(19,20)18-6-4-17(5-7-18)13-16-3-8-21-13/h1-3,8-9H,4-7H2. The van der Waals surface area contributed by atoms with Crippen molar-refractivity contribution in [3.8, 4) is 0 Å². The van der Waals surface area contributed by atoms with Crippen molar-refractivity contribution < 1.29 is 17.2 Å². The van der Waals surface area contributed by atoms with Crippen LogP contribution in [0.2, 0.25) is 0 Å². The lowest BCUT2D eigenvalue weighted by molar-refractivity contribution is 0.382. The number of aromatic nitrogens is 1. The Bertz CT molecular complexity index is 758. The quantitative estimate of drug-likeness (QED) is 0.853. The highest BCUT2D eigenvalue weighted by molar-refractivity contribution is 7.89. The lowest BCUT2D eigenvalue weighted by Crippen LogP contribution is -2.48. The van der Waals surface area contributed by atoms with E-state index in [-0.39, 0.29) is 13.1 Å². The van der Waals surface area contributed by atoms with Crippen LogP contribution in [0.3, 0.4) is 0 Å². The number of nitrogens with zero attached hydrogens (tertiary/aromatic N) is 3. The molecule has 1 aromatic heterocycles. The maximum atomic E-state index is 13.7. The van der Waals surface area contributed by atoms with Gasteiger partial charge in [0.25, 0.3) is 0 Å². The van der Waals surface area contributed by atoms with Gasteiger partial charge in [-0.3, -0.25) is 0 Å². The monoisotopic (exact) mass is 345 g/mol. The minimum absolute atomic E-state index is 0.235. The fourth-order valence-corrected chi connectivity index (χ4v) is 4.48. The van der Waals surface area contributed by atoms with Crippen LogP contribution in [0.4, 0.5) is 13.9 Å². The number of anilines is 1. The highest BCUT2D eigenvalue weighted by Gasteiger charge is 2.31. The molecule has 1 saturated heterocycles. The lowest BCUT2D eigenvalue weighted by atomic mass is 10.3. The maximum absolute atomic E-state index is 13.7. The smallest absolute Gasteiger partial charge is 0.246 e. The molecule has 5 nitrogen and oxygen atoms in total. The summed E-state index contributed by atoms with van der Waals surface area (Å²) in [7, 11) is -3.95. The summed E-state index contributed by atoms with van der Waals surface area (Å²) < 4.78 is 52.8. The average molecular weight is 345 g/mol. The molecule has 9 heteroatoms. The molecule has 1 aromatic carbocycles. The molecule has 0 saturated carbocycles. The van der Waals surface area contributed by atoms with Crippen LogP contribution in [0.15, 0.2) is 34.7 Å². The van der Waals surface area contributed by atoms with Gasteiger partial charge in [0.2, 0.25) is 10.0 Å². The molecule has 0 amide bonds. The molecule has 0 bridgehead atoms. The maximum Gasteiger partial charge on any atom is 0.246 e. The summed E-state index contributed by atoms with van der Waals surface area (Å²) in [5.74, 6) is -1.87. The Morgan fingerprint density at radius 2 is 1.86 bits per heavy atom. The van der Waals surface area contributed by atoms with Crippen LogP contribution < -0.4 is 4.90 Å². The molecule has 22 heavy (non-hydrogen) atoms. The van der Waals surface area contributed by atoms with Gasteiger partial charge in [-0.05, 0) is 12.1 Å². The first-order valence-corrected chi connectivity index (χ1v) is 8.90. The Hall–Kier alpha value is -1.58. The molecule has 2 aromatic rings. The Morgan fingerprint density at radius 1 is 1.14 bits per heavy atom. The first-order chi connectivity index (χ1) is 10.5. The minimum atomic E-state index is -3.95. The van der Waals surface area contributed by atoms with Gasteiger partial charge in [-0.2, -0.15) is 4.31 Å². The van der Waals surface area contributed by atoms with E-state index in [0.717, 1.165) is 17.3 Å². The number of halogens is 2. The Morgan fingerprint density at radius 3 is 2.45 bits per heavy atom. The molecule has 3 rings (SSSR count). The Labute approximate surface area is 130 Å². The highest BCUT2D eigenvalue weighted by Crippen LogP contribution is 2.24. The van der Waals surface area contributed by atoms with Crippen molar-refractivity contribution in [1.29, 1.82) is 0 Å². The van der Waals surface area contributed by atoms with Crippen LogP contribution >= 0.6 is 11.3 Å². The molecule has 0 N–H and O–H groups in total. The molecule has 2 heterocycles. The van der Waals surface area contributed by atoms with Gasteiger partial charge < -0.3 is 4.90 Å². The van der Waals surface area contributed by atoms with E-state index in [9.17, 15) is 17.2 Å². The largest absolute Gasteiger partial charge is 0.345 e. The van der Waals surface area contributed by atoms with E-state index in [4.69, 9.17) is 0 Å². The SMILES string of the molecule is O=S(=O)(c1ccc(F)cc1F)N1CCN(c2nccs2)CC1.